The monoisotopic (exact) mass is 307 g/mol. The number of hydrogen-bond acceptors (Lipinski definition) is 4. The average molecular weight is 308 g/mol. The minimum absolute atomic E-state index is 0.183. The number of anilines is 1. The van der Waals surface area contributed by atoms with Gasteiger partial charge in [-0.3, -0.25) is 9.89 Å². The summed E-state index contributed by atoms with van der Waals surface area (Å²) in [5.41, 5.74) is 1.35. The first kappa shape index (κ1) is 15.1. The van der Waals surface area contributed by atoms with Gasteiger partial charge in [0.1, 0.15) is 0 Å². The van der Waals surface area contributed by atoms with E-state index >= 15 is 0 Å². The van der Waals surface area contributed by atoms with Crippen molar-refractivity contribution in [3.63, 3.8) is 0 Å². The number of H-pyrrole nitrogens is 1. The number of ether oxygens (including phenoxy) is 1. The zero-order valence-electron chi connectivity index (χ0n) is 11.6. The van der Waals surface area contributed by atoms with Crippen LogP contribution in [0.25, 0.3) is 11.1 Å². The molecule has 1 heterocycles. The fraction of sp³-hybridized carbons (Fsp3) is 0.214. The van der Waals surface area contributed by atoms with Crippen LogP contribution in [0.2, 0.25) is 5.02 Å². The molecule has 0 bridgehead atoms. The highest BCUT2D eigenvalue weighted by atomic mass is 35.5. The first-order valence-electron chi connectivity index (χ1n) is 6.32. The molecule has 7 heteroatoms. The molecule has 0 unspecified atom stereocenters. The zero-order chi connectivity index (χ0) is 15.4. The summed E-state index contributed by atoms with van der Waals surface area (Å²) < 4.78 is 4.98. The highest BCUT2D eigenvalue weighted by Gasteiger charge is 2.22. The van der Waals surface area contributed by atoms with E-state index in [1.54, 1.807) is 31.2 Å². The Labute approximate surface area is 126 Å². The first-order chi connectivity index (χ1) is 10.0. The molecule has 0 aliphatic rings. The average Bonchev–Trinajstić information content (AvgIpc) is 2.83. The standard InChI is InChI=1S/C14H14ClN3O3/c1-3-21-14(20)12-11(9-4-6-10(15)7-5-9)13(18-17-12)16-8(2)19/h4-7H,3H2,1-2H3,(H2,16,17,18,19). The lowest BCUT2D eigenvalue weighted by Gasteiger charge is -2.06. The molecule has 0 aliphatic carbocycles. The number of amides is 1. The van der Waals surface area contributed by atoms with Crippen LogP contribution in [0.15, 0.2) is 24.3 Å². The summed E-state index contributed by atoms with van der Waals surface area (Å²) in [6, 6.07) is 6.86. The summed E-state index contributed by atoms with van der Waals surface area (Å²) in [6.45, 7) is 3.32. The Bertz CT molecular complexity index is 665. The number of nitrogens with one attached hydrogen (secondary N) is 2. The molecule has 2 aromatic rings. The Morgan fingerprint density at radius 1 is 1.33 bits per heavy atom. The number of hydrogen-bond donors (Lipinski definition) is 2. The quantitative estimate of drug-likeness (QED) is 0.851. The van der Waals surface area contributed by atoms with Crippen LogP contribution in [-0.4, -0.2) is 28.7 Å². The normalized spacial score (nSPS) is 10.2. The van der Waals surface area contributed by atoms with Crippen LogP contribution < -0.4 is 5.32 Å². The molecule has 21 heavy (non-hydrogen) atoms. The molecule has 2 N–H and O–H groups in total. The molecule has 0 spiro atoms. The molecule has 1 aromatic carbocycles. The number of nitrogens with zero attached hydrogens (tertiary/aromatic N) is 1. The van der Waals surface area contributed by atoms with E-state index < -0.39 is 5.97 Å². The molecular weight excluding hydrogens is 294 g/mol. The van der Waals surface area contributed by atoms with Gasteiger partial charge in [0.25, 0.3) is 0 Å². The molecule has 0 radical (unpaired) electrons. The number of aromatic amines is 1. The smallest absolute Gasteiger partial charge is 0.357 e. The summed E-state index contributed by atoms with van der Waals surface area (Å²) in [5, 5.41) is 9.73. The van der Waals surface area contributed by atoms with E-state index in [9.17, 15) is 9.59 Å². The van der Waals surface area contributed by atoms with Crippen LogP contribution in [0.4, 0.5) is 5.82 Å². The summed E-state index contributed by atoms with van der Waals surface area (Å²) in [6.07, 6.45) is 0. The van der Waals surface area contributed by atoms with Crippen LogP contribution in [0, 0.1) is 0 Å². The van der Waals surface area contributed by atoms with Crippen LogP contribution >= 0.6 is 11.6 Å². The van der Waals surface area contributed by atoms with Crippen molar-refractivity contribution in [1.82, 2.24) is 10.2 Å². The van der Waals surface area contributed by atoms with E-state index in [1.165, 1.54) is 6.92 Å². The number of carbonyl (C=O) groups excluding carboxylic acids is 2. The van der Waals surface area contributed by atoms with Crippen LogP contribution in [0.1, 0.15) is 24.3 Å². The van der Waals surface area contributed by atoms with Gasteiger partial charge in [0, 0.05) is 11.9 Å². The highest BCUT2D eigenvalue weighted by molar-refractivity contribution is 6.30. The maximum atomic E-state index is 12.0. The highest BCUT2D eigenvalue weighted by Crippen LogP contribution is 2.31. The van der Waals surface area contributed by atoms with Gasteiger partial charge in [-0.2, -0.15) is 5.10 Å². The largest absolute Gasteiger partial charge is 0.461 e. The van der Waals surface area contributed by atoms with Crippen molar-refractivity contribution in [2.75, 3.05) is 11.9 Å². The molecule has 0 aliphatic heterocycles. The summed E-state index contributed by atoms with van der Waals surface area (Å²) >= 11 is 5.86. The maximum Gasteiger partial charge on any atom is 0.357 e. The van der Waals surface area contributed by atoms with Crippen molar-refractivity contribution in [2.24, 2.45) is 0 Å². The van der Waals surface area contributed by atoms with Crippen molar-refractivity contribution in [3.05, 3.63) is 35.0 Å². The van der Waals surface area contributed by atoms with Crippen molar-refractivity contribution >= 4 is 29.3 Å². The molecule has 110 valence electrons. The Balaban J connectivity index is 2.52. The second kappa shape index (κ2) is 6.41. The van der Waals surface area contributed by atoms with E-state index in [0.29, 0.717) is 16.1 Å². The molecule has 0 fully saturated rings. The van der Waals surface area contributed by atoms with Gasteiger partial charge in [-0.15, -0.1) is 0 Å². The van der Waals surface area contributed by atoms with Crippen molar-refractivity contribution in [2.45, 2.75) is 13.8 Å². The van der Waals surface area contributed by atoms with E-state index in [4.69, 9.17) is 16.3 Å². The Morgan fingerprint density at radius 3 is 2.57 bits per heavy atom. The molecule has 0 atom stereocenters. The summed E-state index contributed by atoms with van der Waals surface area (Å²) in [4.78, 5) is 23.2. The summed E-state index contributed by atoms with van der Waals surface area (Å²) in [7, 11) is 0. The molecule has 1 amide bonds. The molecular formula is C14H14ClN3O3. The number of esters is 1. The molecule has 2 rings (SSSR count). The Kier molecular flexibility index (Phi) is 4.59. The zero-order valence-corrected chi connectivity index (χ0v) is 12.3. The van der Waals surface area contributed by atoms with E-state index in [1.807, 2.05) is 0 Å². The first-order valence-corrected chi connectivity index (χ1v) is 6.69. The third kappa shape index (κ3) is 3.41. The molecule has 0 saturated heterocycles. The van der Waals surface area contributed by atoms with E-state index in [2.05, 4.69) is 15.5 Å². The van der Waals surface area contributed by atoms with Crippen LogP contribution in [0.5, 0.6) is 0 Å². The number of rotatable bonds is 4. The number of carbonyl (C=O) groups is 2. The minimum atomic E-state index is -0.536. The lowest BCUT2D eigenvalue weighted by atomic mass is 10.1. The molecule has 1 aromatic heterocycles. The van der Waals surface area contributed by atoms with E-state index in [0.717, 1.165) is 0 Å². The Morgan fingerprint density at radius 2 is 2.00 bits per heavy atom. The topological polar surface area (TPSA) is 84.1 Å². The van der Waals surface area contributed by atoms with Crippen LogP contribution in [0.3, 0.4) is 0 Å². The second-order valence-corrected chi connectivity index (χ2v) is 4.67. The van der Waals surface area contributed by atoms with Gasteiger partial charge in [-0.05, 0) is 24.6 Å². The lowest BCUT2D eigenvalue weighted by Crippen LogP contribution is -2.09. The van der Waals surface area contributed by atoms with Crippen LogP contribution in [-0.2, 0) is 9.53 Å². The maximum absolute atomic E-state index is 12.0. The van der Waals surface area contributed by atoms with Gasteiger partial charge in [0.15, 0.2) is 11.5 Å². The van der Waals surface area contributed by atoms with Gasteiger partial charge < -0.3 is 10.1 Å². The van der Waals surface area contributed by atoms with Gasteiger partial charge >= 0.3 is 5.97 Å². The second-order valence-electron chi connectivity index (χ2n) is 4.23. The molecule has 6 nitrogen and oxygen atoms in total. The van der Waals surface area contributed by atoms with Crippen molar-refractivity contribution in [3.8, 4) is 11.1 Å². The summed E-state index contributed by atoms with van der Waals surface area (Å²) in [5.74, 6) is -0.549. The Hall–Kier alpha value is -2.34. The molecule has 0 saturated carbocycles. The van der Waals surface area contributed by atoms with E-state index in [-0.39, 0.29) is 24.0 Å². The predicted molar refractivity (Wildman–Crippen MR) is 79.3 cm³/mol. The fourth-order valence-electron chi connectivity index (χ4n) is 1.85. The minimum Gasteiger partial charge on any atom is -0.461 e. The van der Waals surface area contributed by atoms with Gasteiger partial charge in [0.05, 0.1) is 12.2 Å². The fourth-order valence-corrected chi connectivity index (χ4v) is 1.97. The third-order valence-electron chi connectivity index (χ3n) is 2.67. The van der Waals surface area contributed by atoms with Gasteiger partial charge in [-0.1, -0.05) is 23.7 Å². The van der Waals surface area contributed by atoms with Crippen molar-refractivity contribution in [1.29, 1.82) is 0 Å². The van der Waals surface area contributed by atoms with Crippen molar-refractivity contribution < 1.29 is 14.3 Å². The lowest BCUT2D eigenvalue weighted by molar-refractivity contribution is -0.114. The number of benzene rings is 1. The third-order valence-corrected chi connectivity index (χ3v) is 2.93. The van der Waals surface area contributed by atoms with Gasteiger partial charge in [-0.25, -0.2) is 4.79 Å². The number of aromatic nitrogens is 2. The predicted octanol–water partition coefficient (Wildman–Crippen LogP) is 2.87. The number of halogens is 1. The SMILES string of the molecule is CCOC(=O)c1[nH]nc(NC(C)=O)c1-c1ccc(Cl)cc1. The van der Waals surface area contributed by atoms with Gasteiger partial charge in [0.2, 0.25) is 5.91 Å².